The van der Waals surface area contributed by atoms with Crippen molar-refractivity contribution in [1.82, 2.24) is 0 Å². The Hall–Kier alpha value is -2.54. The first-order valence-corrected chi connectivity index (χ1v) is 6.27. The van der Waals surface area contributed by atoms with Crippen molar-refractivity contribution in [3.63, 3.8) is 0 Å². The fraction of sp³-hybridized carbons (Fsp3) is 0. The molecule has 0 aromatic heterocycles. The molecule has 3 aromatic carbocycles. The Bertz CT molecular complexity index is 724. The van der Waals surface area contributed by atoms with E-state index in [2.05, 4.69) is 42.5 Å². The topological polar surface area (TPSA) is 20.2 Å². The van der Waals surface area contributed by atoms with Crippen LogP contribution in [0.1, 0.15) is 11.1 Å². The Morgan fingerprint density at radius 3 is 2.05 bits per heavy atom. The van der Waals surface area contributed by atoms with Crippen LogP contribution < -0.4 is 0 Å². The highest BCUT2D eigenvalue weighted by Crippen LogP contribution is 2.18. The van der Waals surface area contributed by atoms with Crippen LogP contribution >= 0.6 is 0 Å². The summed E-state index contributed by atoms with van der Waals surface area (Å²) in [6.07, 6.45) is 4.13. The highest BCUT2D eigenvalue weighted by Gasteiger charge is 1.93. The first kappa shape index (κ1) is 11.5. The molecular weight excluding hydrogens is 232 g/mol. The Kier molecular flexibility index (Phi) is 3.03. The molecule has 1 N–H and O–H groups in total. The van der Waals surface area contributed by atoms with Gasteiger partial charge in [0.15, 0.2) is 0 Å². The number of hydrogen-bond donors (Lipinski definition) is 1. The molecule has 0 unspecified atom stereocenters. The van der Waals surface area contributed by atoms with Crippen LogP contribution in [0.3, 0.4) is 0 Å². The quantitative estimate of drug-likeness (QED) is 0.649. The van der Waals surface area contributed by atoms with Gasteiger partial charge in [-0.2, -0.15) is 0 Å². The second kappa shape index (κ2) is 4.99. The zero-order valence-electron chi connectivity index (χ0n) is 10.5. The van der Waals surface area contributed by atoms with E-state index < -0.39 is 0 Å². The number of aromatic hydroxyl groups is 1. The van der Waals surface area contributed by atoms with E-state index in [-0.39, 0.29) is 0 Å². The third-order valence-electron chi connectivity index (χ3n) is 3.13. The summed E-state index contributed by atoms with van der Waals surface area (Å²) < 4.78 is 0. The van der Waals surface area contributed by atoms with Crippen LogP contribution in [0.4, 0.5) is 0 Å². The fourth-order valence-electron chi connectivity index (χ4n) is 2.09. The second-order valence-electron chi connectivity index (χ2n) is 4.53. The summed E-state index contributed by atoms with van der Waals surface area (Å²) in [6, 6.07) is 21.9. The zero-order chi connectivity index (χ0) is 13.1. The van der Waals surface area contributed by atoms with Crippen LogP contribution in [0.5, 0.6) is 5.75 Å². The predicted octanol–water partition coefficient (Wildman–Crippen LogP) is 4.72. The van der Waals surface area contributed by atoms with Crippen LogP contribution in [0, 0.1) is 0 Å². The summed E-state index contributed by atoms with van der Waals surface area (Å²) in [4.78, 5) is 0. The highest BCUT2D eigenvalue weighted by molar-refractivity contribution is 5.85. The Balaban J connectivity index is 1.90. The summed E-state index contributed by atoms with van der Waals surface area (Å²) in [6.45, 7) is 0. The van der Waals surface area contributed by atoms with Crippen LogP contribution in [0.15, 0.2) is 66.7 Å². The molecule has 0 saturated heterocycles. The predicted molar refractivity (Wildman–Crippen MR) is 81.0 cm³/mol. The van der Waals surface area contributed by atoms with E-state index in [1.54, 1.807) is 12.1 Å². The van der Waals surface area contributed by atoms with E-state index in [1.807, 2.05) is 24.3 Å². The van der Waals surface area contributed by atoms with E-state index in [4.69, 9.17) is 0 Å². The van der Waals surface area contributed by atoms with Gasteiger partial charge in [-0.1, -0.05) is 60.7 Å². The standard InChI is InChI=1S/C18H14O/c19-18-11-8-14(9-12-18)5-6-15-7-10-16-3-1-2-4-17(16)13-15/h1-13,19H. The molecule has 0 aliphatic rings. The summed E-state index contributed by atoms with van der Waals surface area (Å²) in [5.41, 5.74) is 2.25. The molecule has 0 aliphatic heterocycles. The van der Waals surface area contributed by atoms with Gasteiger partial charge in [0.05, 0.1) is 0 Å². The van der Waals surface area contributed by atoms with Crippen LogP contribution in [-0.2, 0) is 0 Å². The van der Waals surface area contributed by atoms with Crippen molar-refractivity contribution in [3.8, 4) is 5.75 Å². The zero-order valence-corrected chi connectivity index (χ0v) is 10.5. The number of hydrogen-bond acceptors (Lipinski definition) is 1. The van der Waals surface area contributed by atoms with Gasteiger partial charge < -0.3 is 5.11 Å². The van der Waals surface area contributed by atoms with Crippen molar-refractivity contribution in [2.24, 2.45) is 0 Å². The number of benzene rings is 3. The van der Waals surface area contributed by atoms with Crippen LogP contribution in [-0.4, -0.2) is 5.11 Å². The molecule has 0 heterocycles. The summed E-state index contributed by atoms with van der Waals surface area (Å²) in [5, 5.41) is 11.7. The molecular formula is C18H14O. The lowest BCUT2D eigenvalue weighted by molar-refractivity contribution is 0.475. The molecule has 0 aliphatic carbocycles. The largest absolute Gasteiger partial charge is 0.508 e. The molecule has 0 saturated carbocycles. The number of rotatable bonds is 2. The molecule has 0 bridgehead atoms. The molecule has 19 heavy (non-hydrogen) atoms. The molecule has 0 fully saturated rings. The smallest absolute Gasteiger partial charge is 0.115 e. The number of fused-ring (bicyclic) bond motifs is 1. The van der Waals surface area contributed by atoms with Crippen LogP contribution in [0.25, 0.3) is 22.9 Å². The van der Waals surface area contributed by atoms with Gasteiger partial charge in [-0.25, -0.2) is 0 Å². The third kappa shape index (κ3) is 2.66. The van der Waals surface area contributed by atoms with E-state index >= 15 is 0 Å². The summed E-state index contributed by atoms with van der Waals surface area (Å²) in [5.74, 6) is 0.294. The third-order valence-corrected chi connectivity index (χ3v) is 3.13. The van der Waals surface area contributed by atoms with Crippen molar-refractivity contribution in [1.29, 1.82) is 0 Å². The van der Waals surface area contributed by atoms with E-state index in [1.165, 1.54) is 16.3 Å². The van der Waals surface area contributed by atoms with Crippen molar-refractivity contribution in [2.75, 3.05) is 0 Å². The Morgan fingerprint density at radius 2 is 1.26 bits per heavy atom. The van der Waals surface area contributed by atoms with Gasteiger partial charge in [0, 0.05) is 0 Å². The molecule has 3 aromatic rings. The minimum absolute atomic E-state index is 0.294. The SMILES string of the molecule is Oc1ccc(C=Cc2ccc3ccccc3c2)cc1. The molecule has 1 heteroatoms. The minimum atomic E-state index is 0.294. The van der Waals surface area contributed by atoms with Gasteiger partial charge >= 0.3 is 0 Å². The van der Waals surface area contributed by atoms with Crippen molar-refractivity contribution < 1.29 is 5.11 Å². The fourth-order valence-corrected chi connectivity index (χ4v) is 2.09. The molecule has 92 valence electrons. The number of phenols is 1. The van der Waals surface area contributed by atoms with Crippen molar-refractivity contribution in [3.05, 3.63) is 77.9 Å². The average Bonchev–Trinajstić information content (AvgIpc) is 2.46. The molecule has 0 radical (unpaired) electrons. The maximum atomic E-state index is 9.24. The van der Waals surface area contributed by atoms with E-state index in [9.17, 15) is 5.11 Å². The van der Waals surface area contributed by atoms with E-state index in [0.717, 1.165) is 5.56 Å². The minimum Gasteiger partial charge on any atom is -0.508 e. The lowest BCUT2D eigenvalue weighted by atomic mass is 10.1. The Labute approximate surface area is 112 Å². The summed E-state index contributed by atoms with van der Waals surface area (Å²) in [7, 11) is 0. The molecule has 0 spiro atoms. The van der Waals surface area contributed by atoms with Gasteiger partial charge in [-0.05, 0) is 40.1 Å². The second-order valence-corrected chi connectivity index (χ2v) is 4.53. The molecule has 1 nitrogen and oxygen atoms in total. The lowest BCUT2D eigenvalue weighted by Gasteiger charge is -1.99. The van der Waals surface area contributed by atoms with E-state index in [0.29, 0.717) is 5.75 Å². The van der Waals surface area contributed by atoms with Gasteiger partial charge in [0.1, 0.15) is 5.75 Å². The maximum Gasteiger partial charge on any atom is 0.115 e. The van der Waals surface area contributed by atoms with Crippen LogP contribution in [0.2, 0.25) is 0 Å². The van der Waals surface area contributed by atoms with Gasteiger partial charge in [0.25, 0.3) is 0 Å². The molecule has 0 atom stereocenters. The highest BCUT2D eigenvalue weighted by atomic mass is 16.3. The monoisotopic (exact) mass is 246 g/mol. The van der Waals surface area contributed by atoms with Gasteiger partial charge in [0.2, 0.25) is 0 Å². The molecule has 0 amide bonds. The lowest BCUT2D eigenvalue weighted by Crippen LogP contribution is -1.75. The van der Waals surface area contributed by atoms with Gasteiger partial charge in [-0.15, -0.1) is 0 Å². The first-order chi connectivity index (χ1) is 9.31. The normalized spacial score (nSPS) is 11.2. The maximum absolute atomic E-state index is 9.24. The van der Waals surface area contributed by atoms with Crippen molar-refractivity contribution >= 4 is 22.9 Å². The Morgan fingerprint density at radius 1 is 0.632 bits per heavy atom. The first-order valence-electron chi connectivity index (χ1n) is 6.27. The number of phenolic OH excluding ortho intramolecular Hbond substituents is 1. The average molecular weight is 246 g/mol. The molecule has 3 rings (SSSR count). The summed E-state index contributed by atoms with van der Waals surface area (Å²) >= 11 is 0. The van der Waals surface area contributed by atoms with Crippen molar-refractivity contribution in [2.45, 2.75) is 0 Å². The van der Waals surface area contributed by atoms with Gasteiger partial charge in [-0.3, -0.25) is 0 Å².